The molecule has 0 aliphatic carbocycles. The van der Waals surface area contributed by atoms with Crippen molar-refractivity contribution >= 4 is 28.8 Å². The Labute approximate surface area is 163 Å². The van der Waals surface area contributed by atoms with Crippen molar-refractivity contribution in [2.45, 2.75) is 13.8 Å². The summed E-state index contributed by atoms with van der Waals surface area (Å²) in [6, 6.07) is 13.6. The summed E-state index contributed by atoms with van der Waals surface area (Å²) in [5.74, 6) is -0.183. The molecule has 0 fully saturated rings. The molecule has 3 aromatic rings. The second-order valence-corrected chi connectivity index (χ2v) is 6.09. The van der Waals surface area contributed by atoms with Crippen LogP contribution in [0, 0.1) is 5.82 Å². The van der Waals surface area contributed by atoms with Gasteiger partial charge in [-0.05, 0) is 62.4 Å². The van der Waals surface area contributed by atoms with Gasteiger partial charge in [-0.3, -0.25) is 4.79 Å². The topological polar surface area (TPSA) is 70.2 Å². The number of nitrogens with zero attached hydrogens (tertiary/aromatic N) is 3. The molecule has 1 amide bonds. The summed E-state index contributed by atoms with van der Waals surface area (Å²) in [6.45, 7) is 6.06. The number of halogens is 1. The molecular weight excluding hydrogens is 357 g/mol. The lowest BCUT2D eigenvalue weighted by Gasteiger charge is -2.21. The van der Waals surface area contributed by atoms with Gasteiger partial charge in [-0.2, -0.15) is 0 Å². The molecule has 1 heterocycles. The molecule has 0 aliphatic heterocycles. The van der Waals surface area contributed by atoms with E-state index in [1.165, 1.54) is 24.5 Å². The number of benzene rings is 2. The summed E-state index contributed by atoms with van der Waals surface area (Å²) in [6.07, 6.45) is 2.85. The monoisotopic (exact) mass is 379 g/mol. The number of nitrogens with one attached hydrogen (secondary N) is 2. The molecule has 2 N–H and O–H groups in total. The molecule has 7 heteroatoms. The minimum Gasteiger partial charge on any atom is -0.372 e. The lowest BCUT2D eigenvalue weighted by atomic mass is 10.2. The van der Waals surface area contributed by atoms with E-state index in [2.05, 4.69) is 39.3 Å². The van der Waals surface area contributed by atoms with Crippen molar-refractivity contribution < 1.29 is 9.18 Å². The molecule has 0 bridgehead atoms. The molecule has 0 atom stereocenters. The summed E-state index contributed by atoms with van der Waals surface area (Å²) >= 11 is 0. The standard InChI is InChI=1S/C21H22FN5O/c1-3-27(4-2)18-11-9-17(10-12-18)26-21(28)19-13-24-20(14-23-19)25-16-7-5-15(22)6-8-16/h5-14H,3-4H2,1-2H3,(H,24,25)(H,26,28). The van der Waals surface area contributed by atoms with Gasteiger partial charge in [-0.25, -0.2) is 14.4 Å². The average molecular weight is 379 g/mol. The summed E-state index contributed by atoms with van der Waals surface area (Å²) in [4.78, 5) is 22.9. The number of aromatic nitrogens is 2. The van der Waals surface area contributed by atoms with E-state index in [1.807, 2.05) is 24.3 Å². The maximum atomic E-state index is 12.9. The Morgan fingerprint density at radius 2 is 1.57 bits per heavy atom. The van der Waals surface area contributed by atoms with Crippen LogP contribution in [-0.4, -0.2) is 29.0 Å². The van der Waals surface area contributed by atoms with E-state index >= 15 is 0 Å². The van der Waals surface area contributed by atoms with E-state index in [0.717, 1.165) is 18.8 Å². The lowest BCUT2D eigenvalue weighted by Crippen LogP contribution is -2.21. The molecule has 28 heavy (non-hydrogen) atoms. The molecule has 144 valence electrons. The highest BCUT2D eigenvalue weighted by atomic mass is 19.1. The van der Waals surface area contributed by atoms with Crippen LogP contribution in [0.25, 0.3) is 0 Å². The molecule has 3 rings (SSSR count). The normalized spacial score (nSPS) is 10.4. The third-order valence-corrected chi connectivity index (χ3v) is 4.25. The first kappa shape index (κ1) is 19.3. The highest BCUT2D eigenvalue weighted by molar-refractivity contribution is 6.02. The Hall–Kier alpha value is -3.48. The van der Waals surface area contributed by atoms with Gasteiger partial charge in [0.05, 0.1) is 12.4 Å². The van der Waals surface area contributed by atoms with Crippen LogP contribution in [0.4, 0.5) is 27.3 Å². The van der Waals surface area contributed by atoms with Crippen molar-refractivity contribution in [2.24, 2.45) is 0 Å². The minimum atomic E-state index is -0.337. The summed E-state index contributed by atoms with van der Waals surface area (Å²) in [5.41, 5.74) is 2.69. The van der Waals surface area contributed by atoms with E-state index in [9.17, 15) is 9.18 Å². The molecule has 0 spiro atoms. The van der Waals surface area contributed by atoms with Crippen molar-refractivity contribution in [1.82, 2.24) is 9.97 Å². The maximum Gasteiger partial charge on any atom is 0.275 e. The van der Waals surface area contributed by atoms with Crippen molar-refractivity contribution in [1.29, 1.82) is 0 Å². The quantitative estimate of drug-likeness (QED) is 0.634. The second kappa shape index (κ2) is 8.94. The zero-order valence-corrected chi connectivity index (χ0v) is 15.8. The van der Waals surface area contributed by atoms with E-state index in [4.69, 9.17) is 0 Å². The van der Waals surface area contributed by atoms with Crippen molar-refractivity contribution in [2.75, 3.05) is 28.6 Å². The fourth-order valence-corrected chi connectivity index (χ4v) is 2.73. The predicted molar refractivity (Wildman–Crippen MR) is 110 cm³/mol. The number of hydrogen-bond donors (Lipinski definition) is 2. The molecule has 0 saturated heterocycles. The van der Waals surface area contributed by atoms with Crippen molar-refractivity contribution in [3.8, 4) is 0 Å². The number of rotatable bonds is 7. The second-order valence-electron chi connectivity index (χ2n) is 6.09. The van der Waals surface area contributed by atoms with Gasteiger partial charge in [0.2, 0.25) is 0 Å². The first-order valence-electron chi connectivity index (χ1n) is 9.10. The Balaban J connectivity index is 1.62. The molecular formula is C21H22FN5O. The van der Waals surface area contributed by atoms with Gasteiger partial charge in [0.1, 0.15) is 17.3 Å². The highest BCUT2D eigenvalue weighted by Crippen LogP contribution is 2.18. The van der Waals surface area contributed by atoms with Crippen LogP contribution in [0.15, 0.2) is 60.9 Å². The third-order valence-electron chi connectivity index (χ3n) is 4.25. The number of amides is 1. The first-order valence-corrected chi connectivity index (χ1v) is 9.10. The van der Waals surface area contributed by atoms with E-state index in [0.29, 0.717) is 17.2 Å². The number of hydrogen-bond acceptors (Lipinski definition) is 5. The highest BCUT2D eigenvalue weighted by Gasteiger charge is 2.09. The van der Waals surface area contributed by atoms with Crippen LogP contribution >= 0.6 is 0 Å². The van der Waals surface area contributed by atoms with E-state index in [1.54, 1.807) is 12.1 Å². The number of carbonyl (C=O) groups is 1. The summed E-state index contributed by atoms with van der Waals surface area (Å²) in [5, 5.41) is 5.81. The molecule has 0 saturated carbocycles. The fraction of sp³-hybridized carbons (Fsp3) is 0.190. The molecule has 0 aliphatic rings. The van der Waals surface area contributed by atoms with Crippen LogP contribution in [0.3, 0.4) is 0 Å². The maximum absolute atomic E-state index is 12.9. The zero-order chi connectivity index (χ0) is 19.9. The molecule has 6 nitrogen and oxygen atoms in total. The van der Waals surface area contributed by atoms with Gasteiger partial charge in [0, 0.05) is 30.2 Å². The first-order chi connectivity index (χ1) is 13.6. The van der Waals surface area contributed by atoms with Gasteiger partial charge in [0.25, 0.3) is 5.91 Å². The van der Waals surface area contributed by atoms with Gasteiger partial charge >= 0.3 is 0 Å². The zero-order valence-electron chi connectivity index (χ0n) is 15.8. The van der Waals surface area contributed by atoms with Crippen LogP contribution in [0.5, 0.6) is 0 Å². The summed E-state index contributed by atoms with van der Waals surface area (Å²) in [7, 11) is 0. The average Bonchev–Trinajstić information content (AvgIpc) is 2.72. The molecule has 2 aromatic carbocycles. The van der Waals surface area contributed by atoms with E-state index in [-0.39, 0.29) is 17.4 Å². The van der Waals surface area contributed by atoms with Crippen LogP contribution in [0.2, 0.25) is 0 Å². The van der Waals surface area contributed by atoms with Gasteiger partial charge < -0.3 is 15.5 Å². The number of carbonyl (C=O) groups excluding carboxylic acids is 1. The minimum absolute atomic E-state index is 0.206. The van der Waals surface area contributed by atoms with Crippen LogP contribution in [-0.2, 0) is 0 Å². The fourth-order valence-electron chi connectivity index (χ4n) is 2.73. The Kier molecular flexibility index (Phi) is 6.16. The smallest absolute Gasteiger partial charge is 0.275 e. The molecule has 0 radical (unpaired) electrons. The SMILES string of the molecule is CCN(CC)c1ccc(NC(=O)c2cnc(Nc3ccc(F)cc3)cn2)cc1. The van der Waals surface area contributed by atoms with Crippen LogP contribution < -0.4 is 15.5 Å². The van der Waals surface area contributed by atoms with Gasteiger partial charge in [0.15, 0.2) is 0 Å². The number of anilines is 4. The third kappa shape index (κ3) is 4.82. The van der Waals surface area contributed by atoms with E-state index < -0.39 is 0 Å². The van der Waals surface area contributed by atoms with Crippen molar-refractivity contribution in [3.05, 3.63) is 72.4 Å². The summed E-state index contributed by atoms with van der Waals surface area (Å²) < 4.78 is 12.9. The Morgan fingerprint density at radius 1 is 0.929 bits per heavy atom. The van der Waals surface area contributed by atoms with Gasteiger partial charge in [-0.15, -0.1) is 0 Å². The van der Waals surface area contributed by atoms with Crippen LogP contribution in [0.1, 0.15) is 24.3 Å². The Morgan fingerprint density at radius 3 is 2.14 bits per heavy atom. The molecule has 0 unspecified atom stereocenters. The molecule has 1 aromatic heterocycles. The predicted octanol–water partition coefficient (Wildman–Crippen LogP) is 4.46. The lowest BCUT2D eigenvalue weighted by molar-refractivity contribution is 0.102. The van der Waals surface area contributed by atoms with Crippen molar-refractivity contribution in [3.63, 3.8) is 0 Å². The largest absolute Gasteiger partial charge is 0.372 e. The Bertz CT molecular complexity index is 907. The van der Waals surface area contributed by atoms with Gasteiger partial charge in [-0.1, -0.05) is 0 Å².